The Labute approximate surface area is 155 Å². The van der Waals surface area contributed by atoms with Crippen molar-refractivity contribution in [3.8, 4) is 5.88 Å². The Morgan fingerprint density at radius 1 is 1.31 bits per heavy atom. The summed E-state index contributed by atoms with van der Waals surface area (Å²) < 4.78 is 8.05. The van der Waals surface area contributed by atoms with Gasteiger partial charge >= 0.3 is 0 Å². The predicted octanol–water partition coefficient (Wildman–Crippen LogP) is 3.09. The van der Waals surface area contributed by atoms with Gasteiger partial charge in [-0.05, 0) is 38.2 Å². The van der Waals surface area contributed by atoms with E-state index in [0.29, 0.717) is 17.5 Å². The van der Waals surface area contributed by atoms with E-state index in [0.717, 1.165) is 35.6 Å². The zero-order valence-corrected chi connectivity index (χ0v) is 15.6. The van der Waals surface area contributed by atoms with E-state index < -0.39 is 0 Å². The van der Waals surface area contributed by atoms with Crippen LogP contribution in [0.1, 0.15) is 34.6 Å². The highest BCUT2D eigenvalue weighted by Gasteiger charge is 2.49. The molecule has 1 amide bonds. The van der Waals surface area contributed by atoms with E-state index in [1.54, 1.807) is 11.3 Å². The molecule has 3 aromatic heterocycles. The van der Waals surface area contributed by atoms with Crippen LogP contribution in [0.25, 0.3) is 4.96 Å². The van der Waals surface area contributed by atoms with Gasteiger partial charge in [0.2, 0.25) is 5.88 Å². The molecular weight excluding hydrogens is 348 g/mol. The lowest BCUT2D eigenvalue weighted by Gasteiger charge is -2.33. The van der Waals surface area contributed by atoms with Crippen LogP contribution in [0.3, 0.4) is 0 Å². The second-order valence-corrected chi connectivity index (χ2v) is 8.17. The fourth-order valence-electron chi connectivity index (χ4n) is 4.29. The molecule has 0 radical (unpaired) electrons. The van der Waals surface area contributed by atoms with Gasteiger partial charge in [-0.1, -0.05) is 6.07 Å². The number of imidazole rings is 1. The van der Waals surface area contributed by atoms with Crippen LogP contribution in [0.2, 0.25) is 0 Å². The molecule has 6 nitrogen and oxygen atoms in total. The van der Waals surface area contributed by atoms with Crippen LogP contribution in [0.4, 0.5) is 0 Å². The monoisotopic (exact) mass is 368 g/mol. The van der Waals surface area contributed by atoms with Crippen LogP contribution in [0, 0.1) is 19.8 Å². The molecular formula is C19H20N4O2S. The van der Waals surface area contributed by atoms with Crippen molar-refractivity contribution in [1.82, 2.24) is 19.3 Å². The molecule has 1 aliphatic carbocycles. The number of pyridine rings is 1. The van der Waals surface area contributed by atoms with Crippen LogP contribution in [-0.4, -0.2) is 43.9 Å². The molecule has 26 heavy (non-hydrogen) atoms. The van der Waals surface area contributed by atoms with Crippen LogP contribution >= 0.6 is 11.3 Å². The maximum Gasteiger partial charge on any atom is 0.273 e. The third kappa shape index (κ3) is 2.41. The summed E-state index contributed by atoms with van der Waals surface area (Å²) in [7, 11) is 0. The van der Waals surface area contributed by atoms with Crippen molar-refractivity contribution < 1.29 is 9.53 Å². The van der Waals surface area contributed by atoms with E-state index in [4.69, 9.17) is 4.74 Å². The molecule has 2 bridgehead atoms. The quantitative estimate of drug-likeness (QED) is 0.713. The van der Waals surface area contributed by atoms with Crippen molar-refractivity contribution in [1.29, 1.82) is 0 Å². The molecule has 5 rings (SSSR count). The second-order valence-electron chi connectivity index (χ2n) is 7.29. The Bertz CT molecular complexity index is 977. The molecule has 2 aliphatic rings. The van der Waals surface area contributed by atoms with Gasteiger partial charge in [0.15, 0.2) is 4.96 Å². The minimum Gasteiger partial charge on any atom is -0.472 e. The van der Waals surface area contributed by atoms with E-state index in [1.165, 1.54) is 0 Å². The molecule has 134 valence electrons. The minimum atomic E-state index is 0.0131. The predicted molar refractivity (Wildman–Crippen MR) is 98.7 cm³/mol. The van der Waals surface area contributed by atoms with Crippen LogP contribution < -0.4 is 4.74 Å². The van der Waals surface area contributed by atoms with Gasteiger partial charge in [0.1, 0.15) is 11.8 Å². The van der Waals surface area contributed by atoms with Gasteiger partial charge in [-0.25, -0.2) is 9.97 Å². The number of ether oxygens (including phenoxy) is 1. The van der Waals surface area contributed by atoms with Gasteiger partial charge in [-0.3, -0.25) is 9.20 Å². The number of hydrogen-bond donors (Lipinski definition) is 0. The van der Waals surface area contributed by atoms with Crippen LogP contribution in [0.15, 0.2) is 29.9 Å². The summed E-state index contributed by atoms with van der Waals surface area (Å²) in [6.45, 7) is 4.72. The van der Waals surface area contributed by atoms with Crippen molar-refractivity contribution in [2.45, 2.75) is 38.8 Å². The first kappa shape index (κ1) is 15.8. The zero-order valence-electron chi connectivity index (χ0n) is 14.8. The van der Waals surface area contributed by atoms with Gasteiger partial charge in [0, 0.05) is 30.4 Å². The van der Waals surface area contributed by atoms with Gasteiger partial charge in [0.05, 0.1) is 11.7 Å². The van der Waals surface area contributed by atoms with Gasteiger partial charge < -0.3 is 9.64 Å². The molecule has 3 atom stereocenters. The number of hydrogen-bond acceptors (Lipinski definition) is 5. The highest BCUT2D eigenvalue weighted by Crippen LogP contribution is 2.40. The Morgan fingerprint density at radius 2 is 2.19 bits per heavy atom. The number of amides is 1. The van der Waals surface area contributed by atoms with E-state index >= 15 is 0 Å². The standard InChI is InChI=1S/C19H20N4O2S/c1-11-3-4-16(20-9-11)25-15-8-13-7-14(15)23(10-13)18(24)17-12(2)21-19-22(17)5-6-26-19/h3-6,9,13-15H,7-8,10H2,1-2H3. The molecule has 1 saturated carbocycles. The summed E-state index contributed by atoms with van der Waals surface area (Å²) in [5.41, 5.74) is 2.58. The zero-order chi connectivity index (χ0) is 17.8. The topological polar surface area (TPSA) is 59.7 Å². The van der Waals surface area contributed by atoms with E-state index in [9.17, 15) is 4.79 Å². The third-order valence-electron chi connectivity index (χ3n) is 5.48. The fraction of sp³-hybridized carbons (Fsp3) is 0.421. The number of aryl methyl sites for hydroxylation is 2. The van der Waals surface area contributed by atoms with Crippen molar-refractivity contribution in [3.05, 3.63) is 46.9 Å². The highest BCUT2D eigenvalue weighted by atomic mass is 32.1. The van der Waals surface area contributed by atoms with Crippen LogP contribution in [0.5, 0.6) is 5.88 Å². The number of fused-ring (bicyclic) bond motifs is 3. The maximum absolute atomic E-state index is 13.3. The third-order valence-corrected chi connectivity index (χ3v) is 6.24. The fourth-order valence-corrected chi connectivity index (χ4v) is 5.05. The molecule has 3 aromatic rings. The number of likely N-dealkylation sites (tertiary alicyclic amines) is 1. The SMILES string of the molecule is Cc1ccc(OC2CC3CC2N(C(=O)c2c(C)nc4sccn24)C3)nc1. The Balaban J connectivity index is 1.40. The Kier molecular flexibility index (Phi) is 3.53. The summed E-state index contributed by atoms with van der Waals surface area (Å²) in [4.78, 5) is 25.0. The molecule has 0 aromatic carbocycles. The van der Waals surface area contributed by atoms with Crippen molar-refractivity contribution in [2.24, 2.45) is 5.92 Å². The largest absolute Gasteiger partial charge is 0.472 e. The molecule has 0 spiro atoms. The first-order valence-electron chi connectivity index (χ1n) is 8.92. The molecule has 4 heterocycles. The second kappa shape index (κ2) is 5.81. The number of thiazole rings is 1. The summed E-state index contributed by atoms with van der Waals surface area (Å²) >= 11 is 1.55. The lowest BCUT2D eigenvalue weighted by atomic mass is 10.1. The Hall–Kier alpha value is -2.41. The summed E-state index contributed by atoms with van der Waals surface area (Å²) in [6, 6.07) is 4.02. The Morgan fingerprint density at radius 3 is 2.96 bits per heavy atom. The summed E-state index contributed by atoms with van der Waals surface area (Å²) in [6.07, 6.45) is 5.75. The number of carbonyl (C=O) groups is 1. The van der Waals surface area contributed by atoms with Gasteiger partial charge in [-0.15, -0.1) is 11.3 Å². The smallest absolute Gasteiger partial charge is 0.273 e. The molecule has 7 heteroatoms. The number of rotatable bonds is 3. The lowest BCUT2D eigenvalue weighted by Crippen LogP contribution is -2.47. The highest BCUT2D eigenvalue weighted by molar-refractivity contribution is 7.15. The van der Waals surface area contributed by atoms with Gasteiger partial charge in [0.25, 0.3) is 5.91 Å². The number of aromatic nitrogens is 3. The summed E-state index contributed by atoms with van der Waals surface area (Å²) in [5, 5.41) is 1.96. The first-order valence-corrected chi connectivity index (χ1v) is 9.80. The molecule has 2 fully saturated rings. The lowest BCUT2D eigenvalue weighted by molar-refractivity contribution is 0.0460. The first-order chi connectivity index (χ1) is 12.6. The average Bonchev–Trinajstić information content (AvgIpc) is 3.36. The van der Waals surface area contributed by atoms with Crippen molar-refractivity contribution >= 4 is 22.2 Å². The van der Waals surface area contributed by atoms with Crippen molar-refractivity contribution in [2.75, 3.05) is 6.54 Å². The van der Waals surface area contributed by atoms with E-state index in [-0.39, 0.29) is 18.1 Å². The number of carbonyl (C=O) groups excluding carboxylic acids is 1. The van der Waals surface area contributed by atoms with Crippen LogP contribution in [-0.2, 0) is 0 Å². The van der Waals surface area contributed by atoms with Gasteiger partial charge in [-0.2, -0.15) is 0 Å². The van der Waals surface area contributed by atoms with E-state index in [1.807, 2.05) is 53.1 Å². The number of nitrogens with zero attached hydrogens (tertiary/aromatic N) is 4. The molecule has 1 aliphatic heterocycles. The molecule has 0 N–H and O–H groups in total. The molecule has 3 unspecified atom stereocenters. The van der Waals surface area contributed by atoms with E-state index in [2.05, 4.69) is 9.97 Å². The normalized spacial score (nSPS) is 24.5. The summed E-state index contributed by atoms with van der Waals surface area (Å²) in [5.74, 6) is 1.21. The average molecular weight is 368 g/mol. The minimum absolute atomic E-state index is 0.0131. The van der Waals surface area contributed by atoms with Crippen molar-refractivity contribution in [3.63, 3.8) is 0 Å². The molecule has 1 saturated heterocycles. The number of piperidine rings is 1. The maximum atomic E-state index is 13.3.